The van der Waals surface area contributed by atoms with E-state index in [4.69, 9.17) is 29.8 Å². The number of ether oxygens (including phenoxy) is 1. The Morgan fingerprint density at radius 1 is 1.25 bits per heavy atom. The molecule has 2 atom stereocenters. The normalized spacial score (nSPS) is 15.9. The third kappa shape index (κ3) is 5.23. The van der Waals surface area contributed by atoms with E-state index < -0.39 is 13.4 Å². The van der Waals surface area contributed by atoms with Crippen molar-refractivity contribution >= 4 is 19.2 Å². The molecule has 0 fully saturated rings. The van der Waals surface area contributed by atoms with Crippen LogP contribution in [0.15, 0.2) is 22.8 Å². The Kier molecular flexibility index (Phi) is 8.50. The predicted octanol–water partition coefficient (Wildman–Crippen LogP) is 4.58. The van der Waals surface area contributed by atoms with Gasteiger partial charge in [0.1, 0.15) is 5.76 Å². The fraction of sp³-hybridized carbons (Fsp3) is 0.692. The van der Waals surface area contributed by atoms with Crippen molar-refractivity contribution in [1.82, 2.24) is 0 Å². The molecule has 1 heterocycles. The zero-order valence-electron chi connectivity index (χ0n) is 11.9. The summed E-state index contributed by atoms with van der Waals surface area (Å²) in [6, 6.07) is 3.41. The average Bonchev–Trinajstić information content (AvgIpc) is 2.97. The third-order valence-corrected chi connectivity index (χ3v) is 4.59. The molecule has 0 radical (unpaired) electrons. The van der Waals surface area contributed by atoms with Crippen molar-refractivity contribution in [2.24, 2.45) is 0 Å². The highest BCUT2D eigenvalue weighted by Gasteiger charge is 2.40. The first-order valence-electron chi connectivity index (χ1n) is 6.77. The van der Waals surface area contributed by atoms with E-state index in [1.54, 1.807) is 12.1 Å². The van der Waals surface area contributed by atoms with Gasteiger partial charge in [0.05, 0.1) is 19.5 Å². The second-order valence-electron chi connectivity index (χ2n) is 4.13. The van der Waals surface area contributed by atoms with Gasteiger partial charge in [-0.05, 0) is 25.0 Å². The summed E-state index contributed by atoms with van der Waals surface area (Å²) in [6.07, 6.45) is 3.02. The molecule has 0 spiro atoms. The molecular formula is C13H22ClO5P. The van der Waals surface area contributed by atoms with Crippen LogP contribution in [0.1, 0.15) is 38.3 Å². The quantitative estimate of drug-likeness (QED) is 0.440. The van der Waals surface area contributed by atoms with E-state index in [2.05, 4.69) is 0 Å². The van der Waals surface area contributed by atoms with Gasteiger partial charge in [0.2, 0.25) is 5.85 Å². The fourth-order valence-corrected chi connectivity index (χ4v) is 3.60. The van der Waals surface area contributed by atoms with Crippen molar-refractivity contribution < 1.29 is 22.8 Å². The molecule has 0 aliphatic rings. The number of hydrogen-bond donors (Lipinski definition) is 0. The van der Waals surface area contributed by atoms with Crippen LogP contribution in [0.5, 0.6) is 0 Å². The zero-order valence-corrected chi connectivity index (χ0v) is 13.6. The zero-order chi connectivity index (χ0) is 14.8. The van der Waals surface area contributed by atoms with Crippen LogP contribution in [0.4, 0.5) is 0 Å². The monoisotopic (exact) mass is 324 g/mol. The summed E-state index contributed by atoms with van der Waals surface area (Å²) >= 11 is 5.61. The molecule has 0 aliphatic heterocycles. The molecule has 1 rings (SSSR count). The standard InChI is InChI=1S/C13H22ClO5P/c1-3-8-17-13(12-6-5-10-16-12)20(15,18-9-4-2)19-11-7-14/h5-6,10,13H,3-4,7-9,11H2,1-2H3. The van der Waals surface area contributed by atoms with Crippen LogP contribution in [-0.2, 0) is 18.3 Å². The SMILES string of the molecule is CCCOC(c1ccco1)P(=O)(OCCC)OCCCl. The Labute approximate surface area is 125 Å². The van der Waals surface area contributed by atoms with E-state index in [9.17, 15) is 4.57 Å². The average molecular weight is 325 g/mol. The molecule has 5 nitrogen and oxygen atoms in total. The van der Waals surface area contributed by atoms with Crippen molar-refractivity contribution in [1.29, 1.82) is 0 Å². The molecule has 0 N–H and O–H groups in total. The molecule has 0 saturated carbocycles. The van der Waals surface area contributed by atoms with Gasteiger partial charge in [-0.3, -0.25) is 4.57 Å². The van der Waals surface area contributed by atoms with Gasteiger partial charge in [-0.1, -0.05) is 13.8 Å². The summed E-state index contributed by atoms with van der Waals surface area (Å²) in [5, 5.41) is 0. The number of rotatable bonds is 11. The van der Waals surface area contributed by atoms with Gasteiger partial charge in [0.25, 0.3) is 0 Å². The maximum Gasteiger partial charge on any atom is 0.367 e. The first-order valence-corrected chi connectivity index (χ1v) is 8.92. The van der Waals surface area contributed by atoms with E-state index in [1.165, 1.54) is 6.26 Å². The van der Waals surface area contributed by atoms with Gasteiger partial charge >= 0.3 is 7.60 Å². The van der Waals surface area contributed by atoms with E-state index in [-0.39, 0.29) is 12.5 Å². The molecular weight excluding hydrogens is 303 g/mol. The largest absolute Gasteiger partial charge is 0.466 e. The second-order valence-corrected chi connectivity index (χ2v) is 6.58. The summed E-state index contributed by atoms with van der Waals surface area (Å²) in [6.45, 7) is 4.80. The smallest absolute Gasteiger partial charge is 0.367 e. The summed E-state index contributed by atoms with van der Waals surface area (Å²) in [5.74, 6) is -0.183. The topological polar surface area (TPSA) is 57.9 Å². The van der Waals surface area contributed by atoms with Crippen LogP contribution in [0, 0.1) is 0 Å². The van der Waals surface area contributed by atoms with Gasteiger partial charge in [-0.25, -0.2) is 0 Å². The molecule has 2 unspecified atom stereocenters. The molecule has 0 saturated heterocycles. The molecule has 1 aromatic rings. The Morgan fingerprint density at radius 3 is 2.50 bits per heavy atom. The Hall–Kier alpha value is -0.320. The molecule has 0 aromatic carbocycles. The second kappa shape index (κ2) is 9.59. The summed E-state index contributed by atoms with van der Waals surface area (Å²) < 4.78 is 34.7. The fourth-order valence-electron chi connectivity index (χ4n) is 1.54. The number of hydrogen-bond acceptors (Lipinski definition) is 5. The van der Waals surface area contributed by atoms with Gasteiger partial charge < -0.3 is 18.2 Å². The van der Waals surface area contributed by atoms with Crippen molar-refractivity contribution in [2.75, 3.05) is 25.7 Å². The minimum Gasteiger partial charge on any atom is -0.466 e. The van der Waals surface area contributed by atoms with Crippen LogP contribution >= 0.6 is 19.2 Å². The first kappa shape index (κ1) is 17.7. The molecule has 0 bridgehead atoms. The van der Waals surface area contributed by atoms with Gasteiger partial charge in [-0.2, -0.15) is 0 Å². The predicted molar refractivity (Wildman–Crippen MR) is 78.2 cm³/mol. The minimum atomic E-state index is -3.48. The molecule has 1 aromatic heterocycles. The molecule has 116 valence electrons. The molecule has 0 aliphatic carbocycles. The summed E-state index contributed by atoms with van der Waals surface area (Å²) in [7, 11) is -3.48. The van der Waals surface area contributed by atoms with Crippen LogP contribution in [-0.4, -0.2) is 25.7 Å². The first-order chi connectivity index (χ1) is 9.68. The van der Waals surface area contributed by atoms with Crippen LogP contribution in [0.25, 0.3) is 0 Å². The van der Waals surface area contributed by atoms with Crippen LogP contribution in [0.3, 0.4) is 0 Å². The molecule has 20 heavy (non-hydrogen) atoms. The highest BCUT2D eigenvalue weighted by molar-refractivity contribution is 7.54. The van der Waals surface area contributed by atoms with E-state index in [0.717, 1.165) is 12.8 Å². The lowest BCUT2D eigenvalue weighted by Gasteiger charge is -2.25. The summed E-state index contributed by atoms with van der Waals surface area (Å²) in [4.78, 5) is 0. The minimum absolute atomic E-state index is 0.134. The summed E-state index contributed by atoms with van der Waals surface area (Å²) in [5.41, 5.74) is 0. The maximum absolute atomic E-state index is 12.9. The van der Waals surface area contributed by atoms with Gasteiger partial charge in [0.15, 0.2) is 0 Å². The third-order valence-electron chi connectivity index (χ3n) is 2.38. The lowest BCUT2D eigenvalue weighted by Crippen LogP contribution is -2.12. The number of furan rings is 1. The van der Waals surface area contributed by atoms with Gasteiger partial charge in [-0.15, -0.1) is 11.6 Å². The van der Waals surface area contributed by atoms with Crippen molar-refractivity contribution in [3.8, 4) is 0 Å². The van der Waals surface area contributed by atoms with E-state index >= 15 is 0 Å². The van der Waals surface area contributed by atoms with Crippen LogP contribution in [0.2, 0.25) is 0 Å². The van der Waals surface area contributed by atoms with Crippen molar-refractivity contribution in [3.63, 3.8) is 0 Å². The maximum atomic E-state index is 12.9. The Bertz CT molecular complexity index is 383. The van der Waals surface area contributed by atoms with Crippen LogP contribution < -0.4 is 0 Å². The lowest BCUT2D eigenvalue weighted by molar-refractivity contribution is 0.0571. The molecule has 7 heteroatoms. The van der Waals surface area contributed by atoms with E-state index in [1.807, 2.05) is 13.8 Å². The lowest BCUT2D eigenvalue weighted by atomic mass is 10.4. The van der Waals surface area contributed by atoms with E-state index in [0.29, 0.717) is 19.0 Å². The van der Waals surface area contributed by atoms with Crippen molar-refractivity contribution in [3.05, 3.63) is 24.2 Å². The Morgan fingerprint density at radius 2 is 1.95 bits per heavy atom. The molecule has 0 amide bonds. The van der Waals surface area contributed by atoms with Gasteiger partial charge in [0, 0.05) is 12.5 Å². The Balaban J connectivity index is 2.92. The highest BCUT2D eigenvalue weighted by atomic mass is 35.5. The number of halogens is 1. The highest BCUT2D eigenvalue weighted by Crippen LogP contribution is 2.61. The van der Waals surface area contributed by atoms with Crippen molar-refractivity contribution in [2.45, 2.75) is 32.5 Å². The number of alkyl halides is 1.